The summed E-state index contributed by atoms with van der Waals surface area (Å²) >= 11 is 0. The Morgan fingerprint density at radius 3 is 2.12 bits per heavy atom. The molecule has 3 aliphatic rings. The summed E-state index contributed by atoms with van der Waals surface area (Å²) in [5, 5.41) is 0. The molecule has 2 atom stereocenters. The average Bonchev–Trinajstić information content (AvgIpc) is 3.10. The number of carbonyl (C=O) groups excluding carboxylic acids is 2. The van der Waals surface area contributed by atoms with Crippen molar-refractivity contribution in [3.05, 3.63) is 60.2 Å². The van der Waals surface area contributed by atoms with E-state index in [2.05, 4.69) is 48.5 Å². The number of benzene rings is 2. The second kappa shape index (κ2) is 7.47. The van der Waals surface area contributed by atoms with Crippen molar-refractivity contribution in [3.8, 4) is 11.1 Å². The SMILES string of the molecule is CC12CCC(C(=O)N3CCC(Cc4ccc(-c5ccccc5)cc4)CC3)(OC1=O)C2(C)C. The number of hydrogen-bond donors (Lipinski definition) is 0. The van der Waals surface area contributed by atoms with Crippen LogP contribution in [-0.2, 0) is 20.7 Å². The van der Waals surface area contributed by atoms with Gasteiger partial charge in [0.1, 0.15) is 0 Å². The van der Waals surface area contributed by atoms with Crippen LogP contribution in [0.1, 0.15) is 52.0 Å². The molecular weight excluding hydrogens is 398 g/mol. The number of ether oxygens (including phenoxy) is 1. The largest absolute Gasteiger partial charge is 0.448 e. The van der Waals surface area contributed by atoms with Gasteiger partial charge in [-0.05, 0) is 61.6 Å². The first-order chi connectivity index (χ1) is 15.3. The number of esters is 1. The van der Waals surface area contributed by atoms with Crippen LogP contribution in [0.3, 0.4) is 0 Å². The average molecular weight is 432 g/mol. The van der Waals surface area contributed by atoms with E-state index in [1.165, 1.54) is 16.7 Å². The third kappa shape index (κ3) is 3.02. The Kier molecular flexibility index (Phi) is 4.96. The fourth-order valence-electron chi connectivity index (χ4n) is 6.11. The van der Waals surface area contributed by atoms with Crippen molar-refractivity contribution in [1.82, 2.24) is 4.90 Å². The van der Waals surface area contributed by atoms with Gasteiger partial charge in [0.15, 0.2) is 5.60 Å². The summed E-state index contributed by atoms with van der Waals surface area (Å²) in [5.41, 5.74) is 1.85. The number of hydrogen-bond acceptors (Lipinski definition) is 3. The van der Waals surface area contributed by atoms with E-state index in [0.717, 1.165) is 38.8 Å². The van der Waals surface area contributed by atoms with Crippen LogP contribution in [-0.4, -0.2) is 35.5 Å². The molecule has 2 aliphatic heterocycles. The second-order valence-corrected chi connectivity index (χ2v) is 10.7. The quantitative estimate of drug-likeness (QED) is 0.621. The first-order valence-corrected chi connectivity index (χ1v) is 11.9. The minimum Gasteiger partial charge on any atom is -0.448 e. The van der Waals surface area contributed by atoms with Gasteiger partial charge in [0.05, 0.1) is 5.41 Å². The molecule has 2 aromatic rings. The molecule has 2 saturated heterocycles. The molecule has 0 radical (unpaired) electrons. The van der Waals surface area contributed by atoms with Gasteiger partial charge in [-0.1, -0.05) is 68.4 Å². The number of likely N-dealkylation sites (tertiary alicyclic amines) is 1. The van der Waals surface area contributed by atoms with E-state index in [-0.39, 0.29) is 11.9 Å². The number of amides is 1. The van der Waals surface area contributed by atoms with Crippen LogP contribution in [0.25, 0.3) is 11.1 Å². The molecule has 2 unspecified atom stereocenters. The van der Waals surface area contributed by atoms with Crippen molar-refractivity contribution < 1.29 is 14.3 Å². The number of rotatable bonds is 4. The Hall–Kier alpha value is -2.62. The summed E-state index contributed by atoms with van der Waals surface area (Å²) in [7, 11) is 0. The van der Waals surface area contributed by atoms with E-state index in [0.29, 0.717) is 12.3 Å². The van der Waals surface area contributed by atoms with E-state index in [9.17, 15) is 9.59 Å². The van der Waals surface area contributed by atoms with Gasteiger partial charge in [-0.3, -0.25) is 9.59 Å². The van der Waals surface area contributed by atoms with E-state index >= 15 is 0 Å². The number of fused-ring (bicyclic) bond motifs is 2. The lowest BCUT2D eigenvalue weighted by atomic mass is 9.66. The molecule has 2 heterocycles. The lowest BCUT2D eigenvalue weighted by molar-refractivity contribution is -0.174. The van der Waals surface area contributed by atoms with Crippen LogP contribution in [0.5, 0.6) is 0 Å². The van der Waals surface area contributed by atoms with Crippen LogP contribution in [0.4, 0.5) is 0 Å². The van der Waals surface area contributed by atoms with Gasteiger partial charge in [-0.2, -0.15) is 0 Å². The summed E-state index contributed by atoms with van der Waals surface area (Å²) in [6.07, 6.45) is 4.41. The minimum absolute atomic E-state index is 0.0303. The third-order valence-electron chi connectivity index (χ3n) is 8.92. The van der Waals surface area contributed by atoms with E-state index in [1.807, 2.05) is 31.7 Å². The highest BCUT2D eigenvalue weighted by Gasteiger charge is 2.76. The zero-order valence-corrected chi connectivity index (χ0v) is 19.4. The van der Waals surface area contributed by atoms with Gasteiger partial charge in [0.25, 0.3) is 5.91 Å². The number of piperidine rings is 1. The van der Waals surface area contributed by atoms with Crippen LogP contribution in [0, 0.1) is 16.7 Å². The van der Waals surface area contributed by atoms with Gasteiger partial charge >= 0.3 is 5.97 Å². The molecule has 0 spiro atoms. The molecule has 32 heavy (non-hydrogen) atoms. The molecule has 0 aromatic heterocycles. The van der Waals surface area contributed by atoms with Gasteiger partial charge in [-0.15, -0.1) is 0 Å². The van der Waals surface area contributed by atoms with Gasteiger partial charge in [0.2, 0.25) is 0 Å². The molecule has 4 nitrogen and oxygen atoms in total. The molecule has 2 aromatic carbocycles. The van der Waals surface area contributed by atoms with Crippen LogP contribution in [0.15, 0.2) is 54.6 Å². The summed E-state index contributed by atoms with van der Waals surface area (Å²) in [6, 6.07) is 19.3. The molecule has 5 rings (SSSR count). The van der Waals surface area contributed by atoms with Crippen molar-refractivity contribution in [2.24, 2.45) is 16.7 Å². The highest BCUT2D eigenvalue weighted by Crippen LogP contribution is 2.66. The van der Waals surface area contributed by atoms with Crippen molar-refractivity contribution in [2.75, 3.05) is 13.1 Å². The zero-order valence-electron chi connectivity index (χ0n) is 19.4. The molecule has 168 valence electrons. The fraction of sp³-hybridized carbons (Fsp3) is 0.500. The normalized spacial score (nSPS) is 29.2. The second-order valence-electron chi connectivity index (χ2n) is 10.7. The minimum atomic E-state index is -0.973. The first kappa shape index (κ1) is 21.2. The van der Waals surface area contributed by atoms with Gasteiger partial charge in [-0.25, -0.2) is 0 Å². The summed E-state index contributed by atoms with van der Waals surface area (Å²) < 4.78 is 5.82. The predicted octanol–water partition coefficient (Wildman–Crippen LogP) is 5.26. The number of nitrogens with zero attached hydrogens (tertiary/aromatic N) is 1. The van der Waals surface area contributed by atoms with E-state index < -0.39 is 16.4 Å². The van der Waals surface area contributed by atoms with E-state index in [1.54, 1.807) is 0 Å². The molecule has 1 aliphatic carbocycles. The van der Waals surface area contributed by atoms with Crippen molar-refractivity contribution in [3.63, 3.8) is 0 Å². The van der Waals surface area contributed by atoms with Crippen molar-refractivity contribution >= 4 is 11.9 Å². The standard InChI is InChI=1S/C28H33NO3/c1-26(2)27(3)15-16-28(26,32-25(27)31)24(30)29-17-13-21(14-18-29)19-20-9-11-23(12-10-20)22-7-5-4-6-8-22/h4-12,21H,13-19H2,1-3H3. The van der Waals surface area contributed by atoms with Crippen LogP contribution in [0.2, 0.25) is 0 Å². The lowest BCUT2D eigenvalue weighted by Gasteiger charge is -2.41. The zero-order chi connectivity index (χ0) is 22.6. The smallest absolute Gasteiger partial charge is 0.313 e. The predicted molar refractivity (Wildman–Crippen MR) is 125 cm³/mol. The van der Waals surface area contributed by atoms with Gasteiger partial charge in [0, 0.05) is 18.5 Å². The third-order valence-corrected chi connectivity index (χ3v) is 8.92. The summed E-state index contributed by atoms with van der Waals surface area (Å²) in [6.45, 7) is 7.53. The Bertz CT molecular complexity index is 1020. The fourth-order valence-corrected chi connectivity index (χ4v) is 6.11. The maximum Gasteiger partial charge on any atom is 0.313 e. The van der Waals surface area contributed by atoms with Crippen LogP contribution < -0.4 is 0 Å². The molecular formula is C28H33NO3. The highest BCUT2D eigenvalue weighted by atomic mass is 16.6. The molecule has 1 saturated carbocycles. The Morgan fingerprint density at radius 2 is 1.56 bits per heavy atom. The van der Waals surface area contributed by atoms with Crippen molar-refractivity contribution in [2.45, 2.75) is 58.5 Å². The Labute approximate surface area is 191 Å². The molecule has 0 N–H and O–H groups in total. The molecule has 4 heteroatoms. The monoisotopic (exact) mass is 431 g/mol. The first-order valence-electron chi connectivity index (χ1n) is 11.9. The van der Waals surface area contributed by atoms with Gasteiger partial charge < -0.3 is 9.64 Å². The van der Waals surface area contributed by atoms with Crippen LogP contribution >= 0.6 is 0 Å². The highest BCUT2D eigenvalue weighted by molar-refractivity contribution is 5.96. The molecule has 3 fully saturated rings. The maximum atomic E-state index is 13.6. The Morgan fingerprint density at radius 1 is 0.938 bits per heavy atom. The van der Waals surface area contributed by atoms with Crippen molar-refractivity contribution in [1.29, 1.82) is 0 Å². The summed E-state index contributed by atoms with van der Waals surface area (Å²) in [4.78, 5) is 28.1. The lowest BCUT2D eigenvalue weighted by Crippen LogP contribution is -2.56. The number of carbonyl (C=O) groups is 2. The topological polar surface area (TPSA) is 46.6 Å². The molecule has 2 bridgehead atoms. The summed E-state index contributed by atoms with van der Waals surface area (Å²) in [5.74, 6) is 0.408. The molecule has 1 amide bonds. The Balaban J connectivity index is 1.21. The van der Waals surface area contributed by atoms with E-state index in [4.69, 9.17) is 4.74 Å². The maximum absolute atomic E-state index is 13.6.